The van der Waals surface area contributed by atoms with Crippen LogP contribution in [0.1, 0.15) is 63.2 Å². The highest BCUT2D eigenvalue weighted by Gasteiger charge is 2.54. The van der Waals surface area contributed by atoms with E-state index in [9.17, 15) is 14.4 Å². The van der Waals surface area contributed by atoms with Gasteiger partial charge in [-0.15, -0.1) is 0 Å². The number of carbonyl (C=O) groups is 3. The van der Waals surface area contributed by atoms with Crippen LogP contribution in [-0.2, 0) is 9.53 Å². The lowest BCUT2D eigenvalue weighted by molar-refractivity contribution is -0.154. The van der Waals surface area contributed by atoms with Crippen molar-refractivity contribution in [3.63, 3.8) is 0 Å². The molecular weight excluding hydrogens is 494 g/mol. The van der Waals surface area contributed by atoms with Crippen LogP contribution in [0.2, 0.25) is 0 Å². The molecule has 1 aromatic carbocycles. The highest BCUT2D eigenvalue weighted by atomic mass is 16.6. The molecule has 0 radical (unpaired) electrons. The van der Waals surface area contributed by atoms with Gasteiger partial charge in [0.1, 0.15) is 11.4 Å². The van der Waals surface area contributed by atoms with Gasteiger partial charge in [0.05, 0.1) is 11.0 Å². The molecule has 3 amide bonds. The second kappa shape index (κ2) is 11.0. The zero-order chi connectivity index (χ0) is 27.6. The molecule has 9 heteroatoms. The summed E-state index contributed by atoms with van der Waals surface area (Å²) in [6.07, 6.45) is 5.99. The van der Waals surface area contributed by atoms with Crippen molar-refractivity contribution in [2.75, 3.05) is 38.0 Å². The number of nitrogens with zero attached hydrogens (tertiary/aromatic N) is 3. The molecule has 0 aliphatic carbocycles. The fourth-order valence-electron chi connectivity index (χ4n) is 6.50. The third-order valence-corrected chi connectivity index (χ3v) is 8.24. The first-order valence-corrected chi connectivity index (χ1v) is 14.1. The highest BCUT2D eigenvalue weighted by Crippen LogP contribution is 2.46. The van der Waals surface area contributed by atoms with Gasteiger partial charge in [-0.25, -0.2) is 9.78 Å². The summed E-state index contributed by atoms with van der Waals surface area (Å²) in [5.41, 5.74) is 1.35. The van der Waals surface area contributed by atoms with Crippen LogP contribution < -0.4 is 10.6 Å². The number of carbonyl (C=O) groups excluding carboxylic acids is 3. The number of cyclic esters (lactones) is 1. The summed E-state index contributed by atoms with van der Waals surface area (Å²) in [6, 6.07) is 11.5. The molecule has 3 fully saturated rings. The summed E-state index contributed by atoms with van der Waals surface area (Å²) in [4.78, 5) is 47.7. The maximum Gasteiger partial charge on any atom is 0.320 e. The molecule has 1 aromatic heterocycles. The quantitative estimate of drug-likeness (QED) is 0.556. The summed E-state index contributed by atoms with van der Waals surface area (Å²) >= 11 is 0. The predicted octanol–water partition coefficient (Wildman–Crippen LogP) is 4.30. The maximum absolute atomic E-state index is 13.8. The van der Waals surface area contributed by atoms with Gasteiger partial charge in [-0.05, 0) is 64.6 Å². The van der Waals surface area contributed by atoms with Crippen LogP contribution in [-0.4, -0.2) is 77.1 Å². The van der Waals surface area contributed by atoms with Gasteiger partial charge in [0.25, 0.3) is 5.91 Å². The molecule has 3 saturated heterocycles. The molecule has 3 aliphatic heterocycles. The number of hydrogen-bond donors (Lipinski definition) is 2. The number of benzene rings is 1. The standard InChI is InChI=1S/C30H39N5O4/c1-4-31-28(38)33-25-24(17-22(18-32-25)21-9-6-5-7-10-21)26(36)34-15-11-23(12-16-34)35-14-8-13-30(20-35)19-29(2,3)39-27(30)37/h5-7,9-10,17-18,23H,4,8,11-16,19-20H2,1-3H3,(H2,31,32,33,38). The first-order chi connectivity index (χ1) is 18.7. The highest BCUT2D eigenvalue weighted by molar-refractivity contribution is 6.03. The molecule has 0 bridgehead atoms. The van der Waals surface area contributed by atoms with Crippen molar-refractivity contribution in [3.8, 4) is 11.1 Å². The second-order valence-corrected chi connectivity index (χ2v) is 11.7. The van der Waals surface area contributed by atoms with Gasteiger partial charge in [0, 0.05) is 50.4 Å². The largest absolute Gasteiger partial charge is 0.459 e. The Morgan fingerprint density at radius 1 is 1.10 bits per heavy atom. The minimum Gasteiger partial charge on any atom is -0.459 e. The Bertz CT molecular complexity index is 1230. The molecule has 1 spiro atoms. The number of rotatable bonds is 5. The molecule has 2 aromatic rings. The molecule has 3 aliphatic rings. The molecule has 9 nitrogen and oxygen atoms in total. The number of piperidine rings is 2. The Balaban J connectivity index is 1.29. The van der Waals surface area contributed by atoms with Crippen molar-refractivity contribution < 1.29 is 19.1 Å². The Hall–Kier alpha value is -3.46. The number of aromatic nitrogens is 1. The van der Waals surface area contributed by atoms with E-state index < -0.39 is 17.0 Å². The number of anilines is 1. The van der Waals surface area contributed by atoms with E-state index in [0.29, 0.717) is 31.2 Å². The predicted molar refractivity (Wildman–Crippen MR) is 149 cm³/mol. The average molecular weight is 534 g/mol. The number of nitrogens with one attached hydrogen (secondary N) is 2. The van der Waals surface area contributed by atoms with E-state index in [2.05, 4.69) is 20.5 Å². The first-order valence-electron chi connectivity index (χ1n) is 14.1. The van der Waals surface area contributed by atoms with Crippen molar-refractivity contribution in [2.45, 2.75) is 64.5 Å². The van der Waals surface area contributed by atoms with Crippen LogP contribution in [0, 0.1) is 5.41 Å². The zero-order valence-corrected chi connectivity index (χ0v) is 23.2. The van der Waals surface area contributed by atoms with Gasteiger partial charge < -0.3 is 15.0 Å². The number of urea groups is 1. The summed E-state index contributed by atoms with van der Waals surface area (Å²) in [5.74, 6) is 0.0672. The lowest BCUT2D eigenvalue weighted by Crippen LogP contribution is -2.53. The van der Waals surface area contributed by atoms with Gasteiger partial charge in [-0.3, -0.25) is 19.8 Å². The van der Waals surface area contributed by atoms with Gasteiger partial charge >= 0.3 is 12.0 Å². The lowest BCUT2D eigenvalue weighted by atomic mass is 9.74. The molecule has 39 heavy (non-hydrogen) atoms. The number of pyridine rings is 1. The Kier molecular flexibility index (Phi) is 7.62. The third kappa shape index (κ3) is 5.78. The molecule has 208 valence electrons. The van der Waals surface area contributed by atoms with Crippen molar-refractivity contribution in [1.29, 1.82) is 0 Å². The molecule has 1 unspecified atom stereocenters. The number of amides is 3. The Labute approximate surface area is 230 Å². The van der Waals surface area contributed by atoms with Crippen molar-refractivity contribution in [1.82, 2.24) is 20.1 Å². The summed E-state index contributed by atoms with van der Waals surface area (Å²) in [5, 5.41) is 5.45. The van der Waals surface area contributed by atoms with Crippen LogP contribution in [0.4, 0.5) is 10.6 Å². The van der Waals surface area contributed by atoms with Crippen LogP contribution in [0.3, 0.4) is 0 Å². The first kappa shape index (κ1) is 27.1. The molecule has 4 heterocycles. The van der Waals surface area contributed by atoms with E-state index in [0.717, 1.165) is 56.3 Å². The minimum absolute atomic E-state index is 0.0530. The van der Waals surface area contributed by atoms with Crippen LogP contribution in [0.5, 0.6) is 0 Å². The maximum atomic E-state index is 13.8. The van der Waals surface area contributed by atoms with Gasteiger partial charge in [0.15, 0.2) is 0 Å². The molecule has 0 saturated carbocycles. The van der Waals surface area contributed by atoms with E-state index in [4.69, 9.17) is 4.74 Å². The number of esters is 1. The van der Waals surface area contributed by atoms with E-state index >= 15 is 0 Å². The monoisotopic (exact) mass is 533 g/mol. The van der Waals surface area contributed by atoms with Crippen LogP contribution >= 0.6 is 0 Å². The molecule has 1 atom stereocenters. The SMILES string of the molecule is CCNC(=O)Nc1ncc(-c2ccccc2)cc1C(=O)N1CCC(N2CCCC3(C2)CC(C)(C)OC3=O)CC1. The third-order valence-electron chi connectivity index (χ3n) is 8.24. The van der Waals surface area contributed by atoms with Crippen molar-refractivity contribution in [3.05, 3.63) is 48.2 Å². The number of likely N-dealkylation sites (tertiary alicyclic amines) is 2. The fourth-order valence-corrected chi connectivity index (χ4v) is 6.50. The van der Waals surface area contributed by atoms with E-state index in [1.54, 1.807) is 6.20 Å². The normalized spacial score (nSPS) is 23.5. The van der Waals surface area contributed by atoms with E-state index in [-0.39, 0.29) is 17.7 Å². The van der Waals surface area contributed by atoms with E-state index in [1.165, 1.54) is 0 Å². The number of ether oxygens (including phenoxy) is 1. The number of hydrogen-bond acceptors (Lipinski definition) is 6. The molecule has 2 N–H and O–H groups in total. The smallest absolute Gasteiger partial charge is 0.320 e. The van der Waals surface area contributed by atoms with Crippen LogP contribution in [0.15, 0.2) is 42.6 Å². The van der Waals surface area contributed by atoms with Crippen LogP contribution in [0.25, 0.3) is 11.1 Å². The Morgan fingerprint density at radius 3 is 2.51 bits per heavy atom. The van der Waals surface area contributed by atoms with E-state index in [1.807, 2.05) is 62.1 Å². The van der Waals surface area contributed by atoms with Crippen molar-refractivity contribution in [2.24, 2.45) is 5.41 Å². The molecule has 5 rings (SSSR count). The summed E-state index contributed by atoms with van der Waals surface area (Å²) in [7, 11) is 0. The molecular formula is C30H39N5O4. The summed E-state index contributed by atoms with van der Waals surface area (Å²) in [6.45, 7) is 9.23. The topological polar surface area (TPSA) is 104 Å². The van der Waals surface area contributed by atoms with Gasteiger partial charge in [0.2, 0.25) is 0 Å². The average Bonchev–Trinajstić information content (AvgIpc) is 3.15. The van der Waals surface area contributed by atoms with Crippen molar-refractivity contribution >= 4 is 23.7 Å². The van der Waals surface area contributed by atoms with Gasteiger partial charge in [-0.2, -0.15) is 0 Å². The summed E-state index contributed by atoms with van der Waals surface area (Å²) < 4.78 is 5.71. The lowest BCUT2D eigenvalue weighted by Gasteiger charge is -2.44. The Morgan fingerprint density at radius 2 is 1.85 bits per heavy atom. The second-order valence-electron chi connectivity index (χ2n) is 11.7. The fraction of sp³-hybridized carbons (Fsp3) is 0.533. The minimum atomic E-state index is -0.405. The van der Waals surface area contributed by atoms with Gasteiger partial charge in [-0.1, -0.05) is 30.3 Å². The zero-order valence-electron chi connectivity index (χ0n) is 23.2.